The van der Waals surface area contributed by atoms with Crippen LogP contribution < -0.4 is 0 Å². The van der Waals surface area contributed by atoms with Gasteiger partial charge in [-0.05, 0) is 246 Å². The Morgan fingerprint density at radius 2 is 0.698 bits per heavy atom. The van der Waals surface area contributed by atoms with Gasteiger partial charge in [0, 0.05) is 105 Å². The molecule has 0 aliphatic rings. The molecular weight excluding hydrogens is 1470 g/mol. The third kappa shape index (κ3) is 17.3. The second-order valence-corrected chi connectivity index (χ2v) is 28.7. The first-order valence-corrected chi connectivity index (χ1v) is 38.2. The quantitative estimate of drug-likeness (QED) is 0.0539. The van der Waals surface area contributed by atoms with Crippen LogP contribution in [0.25, 0.3) is 113 Å². The molecular formula is C83H61BrF4N12O3S3. The van der Waals surface area contributed by atoms with E-state index in [-0.39, 0.29) is 28.2 Å². The Hall–Kier alpha value is -12.0. The molecule has 8 aromatic carbocycles. The lowest BCUT2D eigenvalue weighted by molar-refractivity contribution is 0.600. The number of thioether (sulfide) groups is 1. The third-order valence-electron chi connectivity index (χ3n) is 16.6. The van der Waals surface area contributed by atoms with E-state index < -0.39 is 21.0 Å². The van der Waals surface area contributed by atoms with Crippen LogP contribution in [0.2, 0.25) is 0 Å². The Morgan fingerprint density at radius 1 is 0.377 bits per heavy atom. The van der Waals surface area contributed by atoms with E-state index in [0.717, 1.165) is 111 Å². The zero-order chi connectivity index (χ0) is 73.7. The van der Waals surface area contributed by atoms with Gasteiger partial charge < -0.3 is 4.55 Å². The number of sulfone groups is 1. The summed E-state index contributed by atoms with van der Waals surface area (Å²) in [7, 11) is -3.26. The van der Waals surface area contributed by atoms with Gasteiger partial charge in [0.2, 0.25) is 0 Å². The Kier molecular flexibility index (Phi) is 22.7. The zero-order valence-corrected chi connectivity index (χ0v) is 60.8. The topological polar surface area (TPSA) is 180 Å². The number of pyridine rings is 4. The van der Waals surface area contributed by atoms with E-state index in [4.69, 9.17) is 15.3 Å². The van der Waals surface area contributed by atoms with Crippen molar-refractivity contribution in [2.75, 3.05) is 18.8 Å². The van der Waals surface area contributed by atoms with Crippen LogP contribution in [0.4, 0.5) is 17.6 Å². The molecule has 0 amide bonds. The van der Waals surface area contributed by atoms with Crippen molar-refractivity contribution < 1.29 is 30.5 Å². The standard InChI is InChI=1S/C21H16FN3O2S.C21H16FN3OS.C21H16FN3S.C20H13BrFN3/c1-28(26,27)19-8-2-15(3-9-19)20-14-21(16-10-12-23-13-11-16)25(24-20)18-6-4-17(22)5-7-18;1-27(26)19-8-2-15(3-9-19)20-14-21(16-10-12-23-13-11-16)25(24-20)18-6-4-17(22)5-7-18;1-26-19-8-2-15(3-9-19)20-14-21(16-10-12-23-13-11-16)25(24-20)18-6-4-17(22)5-7-18;21-18-19(14-4-2-1-3-5-14)24-25(17-8-6-16(22)7-9-17)20(18)15-10-12-23-13-11-15/h2-14H,1H3;2-14H,1H3;2-14H,1H3;1-13H. The van der Waals surface area contributed by atoms with Crippen LogP contribution in [0, 0.1) is 23.3 Å². The SMILES string of the molecule is CS(=O)(=O)c1ccc(-c2cc(-c3ccncc3)n(-c3ccc(F)cc3)n2)cc1.CSc1ccc(-c2cc(-c3ccncc3)n(-c3ccc(F)cc3)n2)cc1.C[S+]([O-])c1ccc(-c2cc(-c3ccncc3)n(-c3ccc(F)cc3)n2)cc1.Fc1ccc(-n2nc(-c3ccccc3)c(Br)c2-c2ccncc2)cc1. The van der Waals surface area contributed by atoms with E-state index >= 15 is 0 Å². The maximum Gasteiger partial charge on any atom is 0.175 e. The summed E-state index contributed by atoms with van der Waals surface area (Å²) in [6.07, 6.45) is 18.7. The highest BCUT2D eigenvalue weighted by Gasteiger charge is 2.22. The fourth-order valence-corrected chi connectivity index (χ4v) is 13.5. The van der Waals surface area contributed by atoms with Crippen molar-refractivity contribution in [3.05, 3.63) is 344 Å². The average Bonchev–Trinajstić information content (AvgIpc) is 1.64. The second-order valence-electron chi connectivity index (χ2n) is 23.6. The molecule has 524 valence electrons. The Balaban J connectivity index is 0.000000125. The van der Waals surface area contributed by atoms with Gasteiger partial charge in [-0.2, -0.15) is 20.4 Å². The van der Waals surface area contributed by atoms with Crippen LogP contribution in [0.1, 0.15) is 0 Å². The highest BCUT2D eigenvalue weighted by molar-refractivity contribution is 9.10. The molecule has 15 nitrogen and oxygen atoms in total. The monoisotopic (exact) mass is 1520 g/mol. The van der Waals surface area contributed by atoms with E-state index in [1.807, 2.05) is 131 Å². The molecule has 0 aliphatic carbocycles. The summed E-state index contributed by atoms with van der Waals surface area (Å²) >= 11 is 4.40. The van der Waals surface area contributed by atoms with Gasteiger partial charge in [0.05, 0.1) is 72.0 Å². The number of hydrogen-bond acceptors (Lipinski definition) is 12. The number of rotatable bonds is 15. The fraction of sp³-hybridized carbons (Fsp3) is 0.0361. The zero-order valence-electron chi connectivity index (χ0n) is 56.7. The van der Waals surface area contributed by atoms with Crippen LogP contribution in [0.3, 0.4) is 0 Å². The molecule has 8 heterocycles. The molecule has 1 atom stereocenters. The molecule has 0 saturated carbocycles. The summed E-state index contributed by atoms with van der Waals surface area (Å²) in [5.74, 6) is -1.15. The van der Waals surface area contributed by atoms with Gasteiger partial charge in [0.25, 0.3) is 0 Å². The van der Waals surface area contributed by atoms with Gasteiger partial charge in [0.1, 0.15) is 35.2 Å². The van der Waals surface area contributed by atoms with E-state index in [0.29, 0.717) is 11.4 Å². The largest absolute Gasteiger partial charge is 0.612 e. The molecule has 0 spiro atoms. The molecule has 0 fully saturated rings. The van der Waals surface area contributed by atoms with E-state index in [2.05, 4.69) is 71.5 Å². The Morgan fingerprint density at radius 3 is 1.03 bits per heavy atom. The van der Waals surface area contributed by atoms with Crippen molar-refractivity contribution in [1.29, 1.82) is 0 Å². The van der Waals surface area contributed by atoms with Crippen molar-refractivity contribution >= 4 is 48.7 Å². The average molecular weight is 1530 g/mol. The summed E-state index contributed by atoms with van der Waals surface area (Å²) in [6.45, 7) is 0. The summed E-state index contributed by atoms with van der Waals surface area (Å²) in [4.78, 5) is 18.5. The number of hydrogen-bond donors (Lipinski definition) is 0. The molecule has 1 unspecified atom stereocenters. The van der Waals surface area contributed by atoms with Gasteiger partial charge in [0.15, 0.2) is 14.7 Å². The lowest BCUT2D eigenvalue weighted by Crippen LogP contribution is -1.99. The first kappa shape index (κ1) is 72.4. The molecule has 0 aliphatic heterocycles. The van der Waals surface area contributed by atoms with Gasteiger partial charge >= 0.3 is 0 Å². The van der Waals surface area contributed by atoms with E-state index in [1.54, 1.807) is 150 Å². The normalized spacial score (nSPS) is 11.3. The van der Waals surface area contributed by atoms with Crippen LogP contribution in [0.5, 0.6) is 0 Å². The first-order chi connectivity index (χ1) is 51.5. The second kappa shape index (κ2) is 33.2. The van der Waals surface area contributed by atoms with Crippen LogP contribution >= 0.6 is 27.7 Å². The van der Waals surface area contributed by atoms with Crippen molar-refractivity contribution in [3.63, 3.8) is 0 Å². The van der Waals surface area contributed by atoms with Gasteiger partial charge in [-0.25, -0.2) is 44.7 Å². The molecule has 0 N–H and O–H groups in total. The van der Waals surface area contributed by atoms with Gasteiger partial charge in [-0.3, -0.25) is 19.9 Å². The molecule has 23 heteroatoms. The summed E-state index contributed by atoms with van der Waals surface area (Å²) < 4.78 is 96.4. The highest BCUT2D eigenvalue weighted by Crippen LogP contribution is 2.39. The summed E-state index contributed by atoms with van der Waals surface area (Å²) in [6, 6.07) is 78.5. The molecule has 0 saturated heterocycles. The molecule has 16 rings (SSSR count). The number of aromatic nitrogens is 12. The number of halogens is 5. The molecule has 0 radical (unpaired) electrons. The van der Waals surface area contributed by atoms with Crippen molar-refractivity contribution in [2.24, 2.45) is 0 Å². The first-order valence-electron chi connectivity index (χ1n) is 32.7. The van der Waals surface area contributed by atoms with Crippen LogP contribution in [-0.2, 0) is 21.0 Å². The minimum Gasteiger partial charge on any atom is -0.612 e. The van der Waals surface area contributed by atoms with E-state index in [9.17, 15) is 30.5 Å². The Bertz CT molecular complexity index is 5700. The maximum absolute atomic E-state index is 13.3. The van der Waals surface area contributed by atoms with Gasteiger partial charge in [-0.15, -0.1) is 11.8 Å². The van der Waals surface area contributed by atoms with Crippen LogP contribution in [-0.4, -0.2) is 90.8 Å². The Labute approximate surface area is 624 Å². The summed E-state index contributed by atoms with van der Waals surface area (Å²) in [5.41, 5.74) is 17.3. The fourth-order valence-electron chi connectivity index (χ4n) is 11.2. The smallest absolute Gasteiger partial charge is 0.175 e. The van der Waals surface area contributed by atoms with Gasteiger partial charge in [-0.1, -0.05) is 54.6 Å². The molecule has 16 aromatic rings. The maximum atomic E-state index is 13.3. The van der Waals surface area contributed by atoms with E-state index in [1.165, 1.54) is 59.7 Å². The lowest BCUT2D eigenvalue weighted by atomic mass is 10.1. The highest BCUT2D eigenvalue weighted by atomic mass is 79.9. The van der Waals surface area contributed by atoms with Crippen molar-refractivity contribution in [3.8, 4) is 113 Å². The summed E-state index contributed by atoms with van der Waals surface area (Å²) in [5, 5.41) is 19.0. The minimum absolute atomic E-state index is 0.253. The van der Waals surface area contributed by atoms with Crippen molar-refractivity contribution in [2.45, 2.75) is 14.7 Å². The lowest BCUT2D eigenvalue weighted by Gasteiger charge is -2.08. The third-order valence-corrected chi connectivity index (χ3v) is 20.2. The predicted molar refractivity (Wildman–Crippen MR) is 414 cm³/mol. The molecule has 8 aromatic heterocycles. The van der Waals surface area contributed by atoms with Crippen LogP contribution in [0.15, 0.2) is 336 Å². The predicted octanol–water partition coefficient (Wildman–Crippen LogP) is 19.6. The number of nitrogens with zero attached hydrogens (tertiary/aromatic N) is 12. The molecule has 106 heavy (non-hydrogen) atoms. The molecule has 0 bridgehead atoms. The minimum atomic E-state index is -3.26. The number of benzene rings is 8. The van der Waals surface area contributed by atoms with Crippen molar-refractivity contribution in [1.82, 2.24) is 59.1 Å².